The minimum absolute atomic E-state index is 0.306. The van der Waals surface area contributed by atoms with Crippen molar-refractivity contribution in [2.45, 2.75) is 33.6 Å². The lowest BCUT2D eigenvalue weighted by Crippen LogP contribution is -1.79. The van der Waals surface area contributed by atoms with E-state index >= 15 is 0 Å². The molecule has 0 atom stereocenters. The summed E-state index contributed by atoms with van der Waals surface area (Å²) in [5.41, 5.74) is 2.59. The van der Waals surface area contributed by atoms with Crippen molar-refractivity contribution in [3.05, 3.63) is 28.2 Å². The minimum atomic E-state index is 0.306. The van der Waals surface area contributed by atoms with E-state index in [9.17, 15) is 4.91 Å². The highest BCUT2D eigenvalue weighted by Crippen LogP contribution is 2.05. The van der Waals surface area contributed by atoms with Crippen molar-refractivity contribution in [2.75, 3.05) is 6.54 Å². The summed E-state index contributed by atoms with van der Waals surface area (Å²) in [6, 6.07) is 0. The molecule has 0 spiro atoms. The molecule has 0 saturated heterocycles. The van der Waals surface area contributed by atoms with Gasteiger partial charge < -0.3 is 0 Å². The molecule has 12 heavy (non-hydrogen) atoms. The van der Waals surface area contributed by atoms with E-state index in [-0.39, 0.29) is 0 Å². The normalized spacial score (nSPS) is 11.1. The Kier molecular flexibility index (Phi) is 6.25. The molecule has 2 heteroatoms. The minimum Gasteiger partial charge on any atom is -0.150 e. The van der Waals surface area contributed by atoms with Gasteiger partial charge in [0, 0.05) is 0 Å². The third-order valence-corrected chi connectivity index (χ3v) is 1.61. The fourth-order valence-corrected chi connectivity index (χ4v) is 0.884. The Bertz CT molecular complexity index is 188. The van der Waals surface area contributed by atoms with Crippen molar-refractivity contribution in [1.82, 2.24) is 0 Å². The lowest BCUT2D eigenvalue weighted by Gasteiger charge is -1.96. The van der Waals surface area contributed by atoms with Crippen LogP contribution in [0.25, 0.3) is 0 Å². The summed E-state index contributed by atoms with van der Waals surface area (Å²) in [4.78, 5) is 9.78. The van der Waals surface area contributed by atoms with Crippen LogP contribution in [0.5, 0.6) is 0 Å². The molecule has 0 saturated carbocycles. The number of hydrogen-bond acceptors (Lipinski definition) is 2. The first kappa shape index (κ1) is 11.1. The molecule has 0 N–H and O–H groups in total. The first-order chi connectivity index (χ1) is 5.66. The summed E-state index contributed by atoms with van der Waals surface area (Å²) in [5, 5.41) is 2.78. The van der Waals surface area contributed by atoms with Crippen molar-refractivity contribution >= 4 is 0 Å². The predicted molar refractivity (Wildman–Crippen MR) is 53.1 cm³/mol. The molecule has 0 aromatic heterocycles. The zero-order valence-electron chi connectivity index (χ0n) is 8.13. The van der Waals surface area contributed by atoms with Gasteiger partial charge in [-0.2, -0.15) is 4.91 Å². The van der Waals surface area contributed by atoms with Crippen LogP contribution in [0, 0.1) is 4.91 Å². The van der Waals surface area contributed by atoms with Gasteiger partial charge in [0.15, 0.2) is 0 Å². The Balaban J connectivity index is 3.63. The van der Waals surface area contributed by atoms with E-state index in [0.717, 1.165) is 12.8 Å². The molecule has 2 nitrogen and oxygen atoms in total. The zero-order chi connectivity index (χ0) is 9.40. The summed E-state index contributed by atoms with van der Waals surface area (Å²) in [6.45, 7) is 6.52. The molecule has 0 amide bonds. The third kappa shape index (κ3) is 7.19. The molecule has 0 radical (unpaired) electrons. The molecule has 0 aromatic carbocycles. The largest absolute Gasteiger partial charge is 0.150 e. The number of allylic oxidation sites excluding steroid dienone is 3. The molecule has 0 aliphatic rings. The van der Waals surface area contributed by atoms with Crippen LogP contribution in [-0.4, -0.2) is 6.54 Å². The van der Waals surface area contributed by atoms with Crippen LogP contribution in [0.1, 0.15) is 33.6 Å². The fraction of sp³-hybridized carbons (Fsp3) is 0.600. The average molecular weight is 167 g/mol. The van der Waals surface area contributed by atoms with Gasteiger partial charge >= 0.3 is 0 Å². The lowest BCUT2D eigenvalue weighted by molar-refractivity contribution is 0.956. The molecule has 0 bridgehead atoms. The second-order valence-corrected chi connectivity index (χ2v) is 3.18. The van der Waals surface area contributed by atoms with Crippen LogP contribution in [0.15, 0.2) is 28.5 Å². The highest BCUT2D eigenvalue weighted by Gasteiger charge is 1.87. The van der Waals surface area contributed by atoms with Gasteiger partial charge in [0.25, 0.3) is 0 Å². The molecule has 68 valence electrons. The van der Waals surface area contributed by atoms with Crippen LogP contribution < -0.4 is 0 Å². The molecule has 0 aromatic rings. The van der Waals surface area contributed by atoms with Gasteiger partial charge in [-0.05, 0) is 33.6 Å². The molecule has 0 aliphatic heterocycles. The van der Waals surface area contributed by atoms with Gasteiger partial charge in [0.2, 0.25) is 0 Å². The van der Waals surface area contributed by atoms with Gasteiger partial charge in [-0.25, -0.2) is 0 Å². The highest BCUT2D eigenvalue weighted by molar-refractivity contribution is 5.02. The number of hydrogen-bond donors (Lipinski definition) is 0. The smallest absolute Gasteiger partial charge is 0.0994 e. The molecular weight excluding hydrogens is 150 g/mol. The topological polar surface area (TPSA) is 29.4 Å². The van der Waals surface area contributed by atoms with Crippen molar-refractivity contribution in [1.29, 1.82) is 0 Å². The van der Waals surface area contributed by atoms with E-state index in [1.54, 1.807) is 0 Å². The summed E-state index contributed by atoms with van der Waals surface area (Å²) >= 11 is 0. The van der Waals surface area contributed by atoms with Gasteiger partial charge in [-0.3, -0.25) is 0 Å². The molecule has 0 rings (SSSR count). The Labute approximate surface area is 74.3 Å². The molecule has 0 aliphatic carbocycles. The molecule has 0 fully saturated rings. The lowest BCUT2D eigenvalue weighted by atomic mass is 10.1. The van der Waals surface area contributed by atoms with E-state index in [0.29, 0.717) is 6.54 Å². The van der Waals surface area contributed by atoms with Gasteiger partial charge in [0.05, 0.1) is 6.54 Å². The molecule has 0 unspecified atom stereocenters. The van der Waals surface area contributed by atoms with Crippen LogP contribution in [-0.2, 0) is 0 Å². The molecular formula is C10H17NO. The van der Waals surface area contributed by atoms with Crippen molar-refractivity contribution in [2.24, 2.45) is 5.18 Å². The summed E-state index contributed by atoms with van der Waals surface area (Å²) in [6.07, 6.45) is 6.17. The average Bonchev–Trinajstić information content (AvgIpc) is 2.00. The maximum absolute atomic E-state index is 9.78. The Morgan fingerprint density at radius 2 is 1.92 bits per heavy atom. The van der Waals surface area contributed by atoms with Gasteiger partial charge in [0.1, 0.15) is 0 Å². The maximum Gasteiger partial charge on any atom is 0.0994 e. The van der Waals surface area contributed by atoms with Crippen molar-refractivity contribution < 1.29 is 0 Å². The summed E-state index contributed by atoms with van der Waals surface area (Å²) < 4.78 is 0. The third-order valence-electron chi connectivity index (χ3n) is 1.61. The van der Waals surface area contributed by atoms with E-state index in [4.69, 9.17) is 0 Å². The van der Waals surface area contributed by atoms with Crippen LogP contribution in [0.4, 0.5) is 0 Å². The van der Waals surface area contributed by atoms with E-state index in [2.05, 4.69) is 25.1 Å². The zero-order valence-corrected chi connectivity index (χ0v) is 8.13. The number of nitroso groups, excluding NO2 is 1. The van der Waals surface area contributed by atoms with Crippen LogP contribution in [0.3, 0.4) is 0 Å². The fourth-order valence-electron chi connectivity index (χ4n) is 0.884. The first-order valence-corrected chi connectivity index (χ1v) is 4.25. The van der Waals surface area contributed by atoms with E-state index in [1.165, 1.54) is 11.1 Å². The molecule has 0 heterocycles. The second-order valence-electron chi connectivity index (χ2n) is 3.18. The number of nitrogens with zero attached hydrogens (tertiary/aromatic N) is 1. The second kappa shape index (κ2) is 6.77. The standard InChI is InChI=1S/C10H17NO/c1-9(2)5-4-6-10(3)7-8-11-12/h5,7H,4,6,8H2,1-3H3/b10-7+. The van der Waals surface area contributed by atoms with Crippen LogP contribution in [0.2, 0.25) is 0 Å². The van der Waals surface area contributed by atoms with E-state index in [1.807, 2.05) is 13.0 Å². The quantitative estimate of drug-likeness (QED) is 0.455. The Morgan fingerprint density at radius 3 is 2.42 bits per heavy atom. The van der Waals surface area contributed by atoms with Crippen molar-refractivity contribution in [3.8, 4) is 0 Å². The van der Waals surface area contributed by atoms with E-state index < -0.39 is 0 Å². The summed E-state index contributed by atoms with van der Waals surface area (Å²) in [5.74, 6) is 0. The Hall–Kier alpha value is -0.920. The Morgan fingerprint density at radius 1 is 1.25 bits per heavy atom. The highest BCUT2D eigenvalue weighted by atomic mass is 16.3. The van der Waals surface area contributed by atoms with Gasteiger partial charge in [-0.15, -0.1) is 0 Å². The monoisotopic (exact) mass is 167 g/mol. The predicted octanol–water partition coefficient (Wildman–Crippen LogP) is 3.45. The van der Waals surface area contributed by atoms with Gasteiger partial charge in [-0.1, -0.05) is 28.5 Å². The summed E-state index contributed by atoms with van der Waals surface area (Å²) in [7, 11) is 0. The SMILES string of the molecule is CC(C)=CCC/C(C)=C/CN=O. The first-order valence-electron chi connectivity index (χ1n) is 4.25. The van der Waals surface area contributed by atoms with Crippen LogP contribution >= 0.6 is 0 Å². The number of rotatable bonds is 5. The maximum atomic E-state index is 9.78. The van der Waals surface area contributed by atoms with Crippen molar-refractivity contribution in [3.63, 3.8) is 0 Å².